The van der Waals surface area contributed by atoms with Gasteiger partial charge in [-0.05, 0) is 63.6 Å². The molecule has 5 rings (SSSR count). The first-order valence-electron chi connectivity index (χ1n) is 14.2. The standard InChI is InChI=1S/C28H37ClF2N6O2/c29-23-9-12-32-17-22(23)25-16-24(35-37(25)21-7-1-2-8-21)27(39)34-20(15-26(38)33-19-5-3-6-19)10-14-36-13-4-11-28(30,31)18-36/h9,12,16-17,19-21H,1-8,10-11,13-15,18H2,(H,33,38)(H,34,39)/t20-/m0/s1. The van der Waals surface area contributed by atoms with Crippen molar-refractivity contribution < 1.29 is 18.4 Å². The zero-order valence-corrected chi connectivity index (χ0v) is 22.9. The molecule has 2 N–H and O–H groups in total. The summed E-state index contributed by atoms with van der Waals surface area (Å²) in [6.45, 7) is 0.679. The van der Waals surface area contributed by atoms with E-state index >= 15 is 0 Å². The Labute approximate surface area is 232 Å². The Balaban J connectivity index is 1.32. The molecule has 3 fully saturated rings. The summed E-state index contributed by atoms with van der Waals surface area (Å²) in [4.78, 5) is 32.2. The fourth-order valence-electron chi connectivity index (χ4n) is 5.82. The van der Waals surface area contributed by atoms with Gasteiger partial charge in [-0.25, -0.2) is 8.78 Å². The molecule has 0 spiro atoms. The van der Waals surface area contributed by atoms with E-state index in [9.17, 15) is 18.4 Å². The van der Waals surface area contributed by atoms with Gasteiger partial charge in [-0.3, -0.25) is 24.2 Å². The molecular formula is C28H37ClF2N6O2. The van der Waals surface area contributed by atoms with Crippen molar-refractivity contribution in [3.8, 4) is 11.3 Å². The molecule has 0 radical (unpaired) electrons. The second-order valence-corrected chi connectivity index (χ2v) is 11.7. The number of rotatable bonds is 10. The fraction of sp³-hybridized carbons (Fsp3) is 0.643. The number of amides is 2. The van der Waals surface area contributed by atoms with Crippen molar-refractivity contribution in [1.29, 1.82) is 0 Å². The monoisotopic (exact) mass is 562 g/mol. The molecule has 11 heteroatoms. The van der Waals surface area contributed by atoms with E-state index in [2.05, 4.69) is 20.7 Å². The molecule has 0 unspecified atom stereocenters. The predicted octanol–water partition coefficient (Wildman–Crippen LogP) is 4.99. The number of pyridine rings is 1. The Morgan fingerprint density at radius 1 is 1.15 bits per heavy atom. The maximum Gasteiger partial charge on any atom is 0.272 e. The summed E-state index contributed by atoms with van der Waals surface area (Å²) in [5.74, 6) is -3.22. The van der Waals surface area contributed by atoms with Crippen molar-refractivity contribution in [2.24, 2.45) is 0 Å². The number of hydrogen-bond donors (Lipinski definition) is 2. The van der Waals surface area contributed by atoms with Crippen LogP contribution in [0.25, 0.3) is 11.3 Å². The minimum Gasteiger partial charge on any atom is -0.353 e. The van der Waals surface area contributed by atoms with Gasteiger partial charge in [0.2, 0.25) is 5.91 Å². The molecule has 8 nitrogen and oxygen atoms in total. The number of carbonyl (C=O) groups is 2. The van der Waals surface area contributed by atoms with Gasteiger partial charge < -0.3 is 10.6 Å². The van der Waals surface area contributed by atoms with Crippen LogP contribution in [0, 0.1) is 0 Å². The molecule has 1 aliphatic heterocycles. The summed E-state index contributed by atoms with van der Waals surface area (Å²) >= 11 is 6.48. The Bertz CT molecular complexity index is 1160. The lowest BCUT2D eigenvalue weighted by atomic mass is 9.93. The number of halogens is 3. The van der Waals surface area contributed by atoms with Gasteiger partial charge in [0.25, 0.3) is 11.8 Å². The summed E-state index contributed by atoms with van der Waals surface area (Å²) in [5.41, 5.74) is 1.69. The largest absolute Gasteiger partial charge is 0.353 e. The minimum absolute atomic E-state index is 0.0943. The van der Waals surface area contributed by atoms with Crippen molar-refractivity contribution in [1.82, 2.24) is 30.3 Å². The lowest BCUT2D eigenvalue weighted by molar-refractivity contribution is -0.122. The smallest absolute Gasteiger partial charge is 0.272 e. The van der Waals surface area contributed by atoms with Crippen LogP contribution < -0.4 is 10.6 Å². The zero-order valence-electron chi connectivity index (χ0n) is 22.2. The second-order valence-electron chi connectivity index (χ2n) is 11.2. The molecule has 2 aliphatic carbocycles. The van der Waals surface area contributed by atoms with Crippen LogP contribution in [0.15, 0.2) is 24.5 Å². The lowest BCUT2D eigenvalue weighted by Crippen LogP contribution is -2.47. The highest BCUT2D eigenvalue weighted by molar-refractivity contribution is 6.33. The van der Waals surface area contributed by atoms with Crippen LogP contribution in [0.4, 0.5) is 8.78 Å². The quantitative estimate of drug-likeness (QED) is 0.425. The topological polar surface area (TPSA) is 92.2 Å². The van der Waals surface area contributed by atoms with Crippen molar-refractivity contribution in [2.75, 3.05) is 19.6 Å². The fourth-order valence-corrected chi connectivity index (χ4v) is 6.03. The van der Waals surface area contributed by atoms with E-state index in [-0.39, 0.29) is 43.1 Å². The van der Waals surface area contributed by atoms with Crippen LogP contribution in [0.2, 0.25) is 5.02 Å². The van der Waals surface area contributed by atoms with Gasteiger partial charge >= 0.3 is 0 Å². The maximum atomic E-state index is 13.9. The molecule has 1 saturated heterocycles. The molecule has 3 heterocycles. The van der Waals surface area contributed by atoms with Gasteiger partial charge in [0, 0.05) is 49.4 Å². The normalized spacial score (nSPS) is 20.9. The molecule has 1 atom stereocenters. The van der Waals surface area contributed by atoms with E-state index in [1.165, 1.54) is 0 Å². The van der Waals surface area contributed by atoms with Crippen molar-refractivity contribution in [3.05, 3.63) is 35.2 Å². The van der Waals surface area contributed by atoms with Crippen LogP contribution in [0.1, 0.15) is 87.2 Å². The van der Waals surface area contributed by atoms with E-state index in [0.29, 0.717) is 36.5 Å². The Hall–Kier alpha value is -2.59. The van der Waals surface area contributed by atoms with Gasteiger partial charge in [-0.15, -0.1) is 0 Å². The number of alkyl halides is 2. The number of piperidine rings is 1. The molecule has 0 bridgehead atoms. The van der Waals surface area contributed by atoms with Gasteiger partial charge in [-0.2, -0.15) is 5.10 Å². The van der Waals surface area contributed by atoms with Gasteiger partial charge in [0.1, 0.15) is 0 Å². The van der Waals surface area contributed by atoms with Gasteiger partial charge in [-0.1, -0.05) is 24.4 Å². The van der Waals surface area contributed by atoms with Crippen molar-refractivity contribution in [2.45, 2.75) is 94.7 Å². The first-order valence-corrected chi connectivity index (χ1v) is 14.5. The van der Waals surface area contributed by atoms with Gasteiger partial charge in [0.15, 0.2) is 5.69 Å². The Morgan fingerprint density at radius 3 is 2.64 bits per heavy atom. The van der Waals surface area contributed by atoms with Crippen molar-refractivity contribution in [3.63, 3.8) is 0 Å². The predicted molar refractivity (Wildman–Crippen MR) is 145 cm³/mol. The Morgan fingerprint density at radius 2 is 1.95 bits per heavy atom. The van der Waals surface area contributed by atoms with E-state index in [1.807, 2.05) is 4.68 Å². The third-order valence-electron chi connectivity index (χ3n) is 8.19. The zero-order chi connectivity index (χ0) is 27.4. The summed E-state index contributed by atoms with van der Waals surface area (Å²) in [5, 5.41) is 11.2. The lowest BCUT2D eigenvalue weighted by Gasteiger charge is -2.33. The Kier molecular flexibility index (Phi) is 8.81. The molecule has 0 aromatic carbocycles. The number of likely N-dealkylation sites (tertiary alicyclic amines) is 1. The van der Waals surface area contributed by atoms with Crippen LogP contribution in [0.3, 0.4) is 0 Å². The molecule has 39 heavy (non-hydrogen) atoms. The number of nitrogens with one attached hydrogen (secondary N) is 2. The van der Waals surface area contributed by atoms with Gasteiger partial charge in [0.05, 0.1) is 23.3 Å². The molecule has 2 aromatic rings. The molecule has 2 saturated carbocycles. The van der Waals surface area contributed by atoms with Crippen LogP contribution >= 0.6 is 11.6 Å². The average molecular weight is 563 g/mol. The highest BCUT2D eigenvalue weighted by atomic mass is 35.5. The second kappa shape index (κ2) is 12.3. The molecule has 3 aliphatic rings. The van der Waals surface area contributed by atoms with E-state index in [4.69, 9.17) is 11.6 Å². The average Bonchev–Trinajstić information content (AvgIpc) is 3.55. The van der Waals surface area contributed by atoms with Crippen LogP contribution in [-0.2, 0) is 4.79 Å². The molecule has 212 valence electrons. The maximum absolute atomic E-state index is 13.9. The third kappa shape index (κ3) is 7.14. The van der Waals surface area contributed by atoms with E-state index < -0.39 is 17.9 Å². The number of carbonyl (C=O) groups excluding carboxylic acids is 2. The first-order chi connectivity index (χ1) is 18.8. The minimum atomic E-state index is -2.70. The molecule has 2 aromatic heterocycles. The van der Waals surface area contributed by atoms with E-state index in [0.717, 1.165) is 50.6 Å². The number of nitrogens with zero attached hydrogens (tertiary/aromatic N) is 4. The SMILES string of the molecule is O=C(C[C@H](CCN1CCCC(F)(F)C1)NC(=O)c1cc(-c2cnccc2Cl)n(C2CCCC2)n1)NC1CCC1. The third-order valence-corrected chi connectivity index (χ3v) is 8.52. The number of hydrogen-bond acceptors (Lipinski definition) is 5. The van der Waals surface area contributed by atoms with Crippen molar-refractivity contribution >= 4 is 23.4 Å². The van der Waals surface area contributed by atoms with Crippen LogP contribution in [-0.4, -0.2) is 69.1 Å². The first kappa shape index (κ1) is 28.0. The summed E-state index contributed by atoms with van der Waals surface area (Å²) in [6.07, 6.45) is 11.3. The number of aromatic nitrogens is 3. The molecular weight excluding hydrogens is 526 g/mol. The summed E-state index contributed by atoms with van der Waals surface area (Å²) in [6, 6.07) is 3.29. The highest BCUT2D eigenvalue weighted by Gasteiger charge is 2.35. The summed E-state index contributed by atoms with van der Waals surface area (Å²) in [7, 11) is 0. The van der Waals surface area contributed by atoms with E-state index in [1.54, 1.807) is 29.4 Å². The summed E-state index contributed by atoms with van der Waals surface area (Å²) < 4.78 is 29.8. The highest BCUT2D eigenvalue weighted by Crippen LogP contribution is 2.35. The molecule has 2 amide bonds. The van der Waals surface area contributed by atoms with Crippen LogP contribution in [0.5, 0.6) is 0 Å².